The molecule has 27 heavy (non-hydrogen) atoms. The molecular weight excluding hydrogens is 362 g/mol. The van der Waals surface area contributed by atoms with Crippen LogP contribution in [-0.4, -0.2) is 34.3 Å². The lowest BCUT2D eigenvalue weighted by Gasteiger charge is -2.30. The normalized spacial score (nSPS) is 20.5. The molecule has 2 aromatic carbocycles. The molecule has 3 aromatic rings. The van der Waals surface area contributed by atoms with E-state index in [1.807, 2.05) is 12.1 Å². The number of hydrogen-bond acceptors (Lipinski definition) is 3. The van der Waals surface area contributed by atoms with E-state index in [4.69, 9.17) is 11.6 Å². The number of rotatable bonds is 2. The highest BCUT2D eigenvalue weighted by molar-refractivity contribution is 6.30. The summed E-state index contributed by atoms with van der Waals surface area (Å²) in [5.41, 5.74) is 4.18. The highest BCUT2D eigenvalue weighted by Crippen LogP contribution is 2.32. The van der Waals surface area contributed by atoms with Gasteiger partial charge in [0.2, 0.25) is 5.91 Å². The fourth-order valence-electron chi connectivity index (χ4n) is 4.24. The van der Waals surface area contributed by atoms with Crippen LogP contribution in [0.5, 0.6) is 0 Å². The van der Waals surface area contributed by atoms with Gasteiger partial charge in [-0.05, 0) is 42.3 Å². The number of para-hydroxylation sites is 1. The third-order valence-electron chi connectivity index (χ3n) is 5.56. The van der Waals surface area contributed by atoms with Crippen LogP contribution in [0.4, 0.5) is 5.69 Å². The molecule has 1 fully saturated rings. The minimum Gasteiger partial charge on any atom is -0.357 e. The lowest BCUT2D eigenvalue weighted by atomic mass is 10.0. The zero-order valence-electron chi connectivity index (χ0n) is 14.6. The number of hydrogen-bond donors (Lipinski definition) is 1. The highest BCUT2D eigenvalue weighted by Gasteiger charge is 2.43. The maximum absolute atomic E-state index is 13.0. The maximum Gasteiger partial charge on any atom is 0.251 e. The number of nitrogens with one attached hydrogen (secondary N) is 1. The Morgan fingerprint density at radius 1 is 1.04 bits per heavy atom. The zero-order valence-corrected chi connectivity index (χ0v) is 15.4. The smallest absolute Gasteiger partial charge is 0.251 e. The van der Waals surface area contributed by atoms with Gasteiger partial charge in [-0.2, -0.15) is 0 Å². The van der Waals surface area contributed by atoms with Crippen LogP contribution in [0, 0.1) is 0 Å². The van der Waals surface area contributed by atoms with E-state index in [1.165, 1.54) is 15.8 Å². The van der Waals surface area contributed by atoms with Gasteiger partial charge in [-0.25, -0.2) is 4.90 Å². The number of carbonyl (C=O) groups excluding carboxylic acids is 2. The highest BCUT2D eigenvalue weighted by atomic mass is 35.5. The summed E-state index contributed by atoms with van der Waals surface area (Å²) >= 11 is 5.92. The minimum atomic E-state index is -0.409. The third-order valence-corrected chi connectivity index (χ3v) is 5.81. The molecule has 0 saturated carbocycles. The molecule has 0 unspecified atom stereocenters. The Labute approximate surface area is 161 Å². The summed E-state index contributed by atoms with van der Waals surface area (Å²) in [6.45, 7) is 1.43. The van der Waals surface area contributed by atoms with Crippen molar-refractivity contribution in [2.45, 2.75) is 25.4 Å². The molecule has 6 heteroatoms. The monoisotopic (exact) mass is 379 g/mol. The molecule has 2 amide bonds. The van der Waals surface area contributed by atoms with Crippen molar-refractivity contribution in [1.82, 2.24) is 9.88 Å². The molecule has 5 nitrogen and oxygen atoms in total. The van der Waals surface area contributed by atoms with Crippen molar-refractivity contribution in [3.8, 4) is 0 Å². The van der Waals surface area contributed by atoms with Crippen molar-refractivity contribution in [3.63, 3.8) is 0 Å². The average molecular weight is 380 g/mol. The predicted molar refractivity (Wildman–Crippen MR) is 105 cm³/mol. The second-order valence-corrected chi connectivity index (χ2v) is 7.55. The van der Waals surface area contributed by atoms with Gasteiger partial charge >= 0.3 is 0 Å². The number of anilines is 1. The van der Waals surface area contributed by atoms with Gasteiger partial charge in [0.15, 0.2) is 0 Å². The fraction of sp³-hybridized carbons (Fsp3) is 0.238. The lowest BCUT2D eigenvalue weighted by molar-refractivity contribution is -0.123. The van der Waals surface area contributed by atoms with Gasteiger partial charge in [0.25, 0.3) is 5.91 Å². The standard InChI is InChI=1S/C21H18ClN3O2/c22-13-5-7-14(8-6-13)25-20(26)11-19(21(25)27)24-10-9-16-15-3-1-2-4-17(15)23-18(16)12-24/h1-8,19,23H,9-12H2/t19-/m1/s1. The SMILES string of the molecule is O=C1C[C@@H](N2CCc3c([nH]c4ccccc34)C2)C(=O)N1c1ccc(Cl)cc1. The second-order valence-electron chi connectivity index (χ2n) is 7.11. The number of aromatic nitrogens is 1. The molecule has 2 aliphatic rings. The van der Waals surface area contributed by atoms with Crippen molar-refractivity contribution >= 4 is 40.0 Å². The molecule has 5 rings (SSSR count). The second kappa shape index (κ2) is 6.22. The number of H-pyrrole nitrogens is 1. The third kappa shape index (κ3) is 2.66. The summed E-state index contributed by atoms with van der Waals surface area (Å²) in [4.78, 5) is 32.4. The van der Waals surface area contributed by atoms with E-state index in [0.717, 1.165) is 24.2 Å². The van der Waals surface area contributed by atoms with E-state index < -0.39 is 6.04 Å². The number of fused-ring (bicyclic) bond motifs is 3. The van der Waals surface area contributed by atoms with Gasteiger partial charge in [-0.3, -0.25) is 14.5 Å². The van der Waals surface area contributed by atoms with Gasteiger partial charge in [0, 0.05) is 34.7 Å². The van der Waals surface area contributed by atoms with Crippen molar-refractivity contribution in [3.05, 3.63) is 64.8 Å². The number of halogens is 1. The largest absolute Gasteiger partial charge is 0.357 e. The zero-order chi connectivity index (χ0) is 18.5. The van der Waals surface area contributed by atoms with Crippen molar-refractivity contribution in [2.75, 3.05) is 11.4 Å². The Morgan fingerprint density at radius 2 is 1.81 bits per heavy atom. The van der Waals surface area contributed by atoms with Gasteiger partial charge in [0.05, 0.1) is 18.2 Å². The number of imide groups is 1. The number of nitrogens with zero attached hydrogens (tertiary/aromatic N) is 2. The van der Waals surface area contributed by atoms with E-state index in [2.05, 4.69) is 22.0 Å². The Morgan fingerprint density at radius 3 is 2.63 bits per heavy atom. The van der Waals surface area contributed by atoms with Crippen molar-refractivity contribution in [1.29, 1.82) is 0 Å². The van der Waals surface area contributed by atoms with Crippen LogP contribution in [0.1, 0.15) is 17.7 Å². The van der Waals surface area contributed by atoms with Gasteiger partial charge in [0.1, 0.15) is 0 Å². The quantitative estimate of drug-likeness (QED) is 0.693. The van der Waals surface area contributed by atoms with Crippen LogP contribution >= 0.6 is 11.6 Å². The molecule has 3 heterocycles. The molecule has 0 bridgehead atoms. The summed E-state index contributed by atoms with van der Waals surface area (Å²) < 4.78 is 0. The summed E-state index contributed by atoms with van der Waals surface area (Å²) in [6.07, 6.45) is 1.09. The number of carbonyl (C=O) groups is 2. The van der Waals surface area contributed by atoms with Crippen molar-refractivity contribution in [2.24, 2.45) is 0 Å². The van der Waals surface area contributed by atoms with Crippen molar-refractivity contribution < 1.29 is 9.59 Å². The molecule has 0 radical (unpaired) electrons. The van der Waals surface area contributed by atoms with Crippen LogP contribution in [0.15, 0.2) is 48.5 Å². The Hall–Kier alpha value is -2.63. The van der Waals surface area contributed by atoms with Crippen LogP contribution in [0.2, 0.25) is 5.02 Å². The van der Waals surface area contributed by atoms with Gasteiger partial charge < -0.3 is 4.98 Å². The van der Waals surface area contributed by atoms with E-state index in [1.54, 1.807) is 24.3 Å². The molecule has 1 N–H and O–H groups in total. The molecule has 2 aliphatic heterocycles. The van der Waals surface area contributed by atoms with Crippen LogP contribution < -0.4 is 4.90 Å². The predicted octanol–water partition coefficient (Wildman–Crippen LogP) is 3.51. The summed E-state index contributed by atoms with van der Waals surface area (Å²) in [5, 5.41) is 1.83. The van der Waals surface area contributed by atoms with Gasteiger partial charge in [-0.15, -0.1) is 0 Å². The van der Waals surface area contributed by atoms with Crippen LogP contribution in [0.25, 0.3) is 10.9 Å². The molecular formula is C21H18ClN3O2. The Kier molecular flexibility index (Phi) is 3.81. The first-order valence-electron chi connectivity index (χ1n) is 9.07. The topological polar surface area (TPSA) is 56.4 Å². The molecule has 0 aliphatic carbocycles. The molecule has 1 atom stereocenters. The number of aromatic amines is 1. The van der Waals surface area contributed by atoms with E-state index >= 15 is 0 Å². The average Bonchev–Trinajstić information content (AvgIpc) is 3.19. The minimum absolute atomic E-state index is 0.151. The fourth-order valence-corrected chi connectivity index (χ4v) is 4.37. The van der Waals surface area contributed by atoms with E-state index in [-0.39, 0.29) is 18.2 Å². The summed E-state index contributed by atoms with van der Waals surface area (Å²) in [6, 6.07) is 14.7. The number of amides is 2. The van der Waals surface area contributed by atoms with Crippen LogP contribution in [0.3, 0.4) is 0 Å². The Balaban J connectivity index is 1.41. The van der Waals surface area contributed by atoms with Crippen LogP contribution in [-0.2, 0) is 22.6 Å². The molecule has 1 saturated heterocycles. The van der Waals surface area contributed by atoms with Gasteiger partial charge in [-0.1, -0.05) is 29.8 Å². The molecule has 1 aromatic heterocycles. The summed E-state index contributed by atoms with van der Waals surface area (Å²) in [5.74, 6) is -0.309. The van der Waals surface area contributed by atoms with E-state index in [0.29, 0.717) is 17.3 Å². The molecule has 136 valence electrons. The first-order chi connectivity index (χ1) is 13.1. The summed E-state index contributed by atoms with van der Waals surface area (Å²) in [7, 11) is 0. The first kappa shape index (κ1) is 16.5. The Bertz CT molecular complexity index is 1060. The maximum atomic E-state index is 13.0. The lowest BCUT2D eigenvalue weighted by Crippen LogP contribution is -2.44. The van der Waals surface area contributed by atoms with E-state index in [9.17, 15) is 9.59 Å². The first-order valence-corrected chi connectivity index (χ1v) is 9.44. The number of benzene rings is 2. The molecule has 0 spiro atoms.